The summed E-state index contributed by atoms with van der Waals surface area (Å²) in [6.45, 7) is 1.08. The van der Waals surface area contributed by atoms with Gasteiger partial charge in [-0.3, -0.25) is 4.21 Å². The predicted molar refractivity (Wildman–Crippen MR) is 71.2 cm³/mol. The Bertz CT molecular complexity index is 347. The maximum Gasteiger partial charge on any atom is 0.120 e. The topological polar surface area (TPSA) is 52.3 Å². The predicted octanol–water partition coefficient (Wildman–Crippen LogP) is 1.93. The van der Waals surface area contributed by atoms with E-state index in [1.165, 1.54) is 0 Å². The highest BCUT2D eigenvalue weighted by Gasteiger charge is 2.00. The van der Waals surface area contributed by atoms with E-state index in [0.29, 0.717) is 24.7 Å². The van der Waals surface area contributed by atoms with E-state index in [9.17, 15) is 4.21 Å². The Morgan fingerprint density at radius 2 is 2.19 bits per heavy atom. The molecule has 1 aromatic rings. The minimum absolute atomic E-state index is 0.480. The molecule has 3 nitrogen and oxygen atoms in total. The lowest BCUT2D eigenvalue weighted by Crippen LogP contribution is -2.13. The summed E-state index contributed by atoms with van der Waals surface area (Å²) in [6, 6.07) is 7.62. The second-order valence-corrected chi connectivity index (χ2v) is 5.91. The highest BCUT2D eigenvalue weighted by atomic mass is 79.9. The Hall–Kier alpha value is -0.390. The molecule has 1 rings (SSSR count). The Balaban J connectivity index is 2.22. The van der Waals surface area contributed by atoms with Gasteiger partial charge in [-0.05, 0) is 31.2 Å². The molecule has 0 aromatic heterocycles. The average Bonchev–Trinajstić information content (AvgIpc) is 2.26. The van der Waals surface area contributed by atoms with Crippen molar-refractivity contribution in [3.8, 4) is 5.75 Å². The number of nitrogens with two attached hydrogens (primary N) is 1. The van der Waals surface area contributed by atoms with Crippen molar-refractivity contribution >= 4 is 26.7 Å². The maximum absolute atomic E-state index is 11.4. The highest BCUT2D eigenvalue weighted by molar-refractivity contribution is 9.10. The van der Waals surface area contributed by atoms with Crippen LogP contribution in [0.1, 0.15) is 6.42 Å². The van der Waals surface area contributed by atoms with Crippen molar-refractivity contribution in [2.45, 2.75) is 6.42 Å². The summed E-state index contributed by atoms with van der Waals surface area (Å²) in [5.41, 5.74) is 5.34. The van der Waals surface area contributed by atoms with Crippen molar-refractivity contribution in [2.75, 3.05) is 24.7 Å². The van der Waals surface area contributed by atoms with Gasteiger partial charge in [-0.1, -0.05) is 22.0 Å². The molecule has 0 radical (unpaired) electrons. The zero-order valence-electron chi connectivity index (χ0n) is 9.02. The van der Waals surface area contributed by atoms with E-state index in [1.807, 2.05) is 24.3 Å². The fourth-order valence-corrected chi connectivity index (χ4v) is 2.50. The van der Waals surface area contributed by atoms with E-state index in [0.717, 1.165) is 16.6 Å². The molecule has 1 unspecified atom stereocenters. The van der Waals surface area contributed by atoms with Crippen LogP contribution in [0.4, 0.5) is 0 Å². The third kappa shape index (κ3) is 5.63. The molecule has 0 amide bonds. The summed E-state index contributed by atoms with van der Waals surface area (Å²) in [5, 5.41) is 0. The molecule has 0 aliphatic rings. The Morgan fingerprint density at radius 3 is 2.88 bits per heavy atom. The third-order valence-electron chi connectivity index (χ3n) is 1.95. The lowest BCUT2D eigenvalue weighted by atomic mass is 10.3. The molecule has 0 aliphatic heterocycles. The van der Waals surface area contributed by atoms with Gasteiger partial charge in [0.25, 0.3) is 0 Å². The van der Waals surface area contributed by atoms with Crippen molar-refractivity contribution in [3.63, 3.8) is 0 Å². The first-order chi connectivity index (χ1) is 7.72. The fourth-order valence-electron chi connectivity index (χ4n) is 1.16. The van der Waals surface area contributed by atoms with Crippen LogP contribution >= 0.6 is 15.9 Å². The SMILES string of the molecule is NCCCS(=O)CCOc1cccc(Br)c1. The molecule has 0 bridgehead atoms. The molecule has 0 heterocycles. The van der Waals surface area contributed by atoms with Crippen LogP contribution in [0.5, 0.6) is 5.75 Å². The molecule has 90 valence electrons. The zero-order valence-corrected chi connectivity index (χ0v) is 11.4. The van der Waals surface area contributed by atoms with E-state index in [2.05, 4.69) is 15.9 Å². The average molecular weight is 306 g/mol. The van der Waals surface area contributed by atoms with Crippen molar-refractivity contribution in [2.24, 2.45) is 5.73 Å². The molecule has 0 fully saturated rings. The number of hydrogen-bond donors (Lipinski definition) is 1. The zero-order chi connectivity index (χ0) is 11.8. The summed E-state index contributed by atoms with van der Waals surface area (Å²) < 4.78 is 17.9. The van der Waals surface area contributed by atoms with Gasteiger partial charge in [-0.2, -0.15) is 0 Å². The van der Waals surface area contributed by atoms with E-state index >= 15 is 0 Å². The molecule has 0 saturated carbocycles. The molecule has 1 aromatic carbocycles. The van der Waals surface area contributed by atoms with E-state index in [-0.39, 0.29) is 0 Å². The van der Waals surface area contributed by atoms with Crippen molar-refractivity contribution in [3.05, 3.63) is 28.7 Å². The van der Waals surface area contributed by atoms with Gasteiger partial charge >= 0.3 is 0 Å². The van der Waals surface area contributed by atoms with Crippen LogP contribution < -0.4 is 10.5 Å². The smallest absolute Gasteiger partial charge is 0.120 e. The largest absolute Gasteiger partial charge is 0.493 e. The number of hydrogen-bond acceptors (Lipinski definition) is 3. The van der Waals surface area contributed by atoms with Crippen molar-refractivity contribution < 1.29 is 8.95 Å². The highest BCUT2D eigenvalue weighted by Crippen LogP contribution is 2.17. The number of ether oxygens (including phenoxy) is 1. The minimum atomic E-state index is -0.816. The minimum Gasteiger partial charge on any atom is -0.493 e. The van der Waals surface area contributed by atoms with Crippen LogP contribution in [0.15, 0.2) is 28.7 Å². The van der Waals surface area contributed by atoms with Crippen molar-refractivity contribution in [1.29, 1.82) is 0 Å². The maximum atomic E-state index is 11.4. The first-order valence-electron chi connectivity index (χ1n) is 5.16. The van der Waals surface area contributed by atoms with Gasteiger partial charge < -0.3 is 10.5 Å². The summed E-state index contributed by atoms with van der Waals surface area (Å²) in [7, 11) is -0.816. The molecular weight excluding hydrogens is 290 g/mol. The normalized spacial score (nSPS) is 12.4. The van der Waals surface area contributed by atoms with E-state index in [1.54, 1.807) is 0 Å². The molecule has 0 aliphatic carbocycles. The number of rotatable bonds is 7. The van der Waals surface area contributed by atoms with Gasteiger partial charge in [0.05, 0.1) is 12.4 Å². The molecule has 0 spiro atoms. The Labute approximate surface area is 107 Å². The Kier molecular flexibility index (Phi) is 6.68. The van der Waals surface area contributed by atoms with Gasteiger partial charge in [0.15, 0.2) is 0 Å². The second kappa shape index (κ2) is 7.81. The molecule has 5 heteroatoms. The first-order valence-corrected chi connectivity index (χ1v) is 7.44. The molecule has 0 saturated heterocycles. The summed E-state index contributed by atoms with van der Waals surface area (Å²) in [4.78, 5) is 0. The van der Waals surface area contributed by atoms with Gasteiger partial charge in [-0.25, -0.2) is 0 Å². The molecule has 16 heavy (non-hydrogen) atoms. The second-order valence-electron chi connectivity index (χ2n) is 3.30. The molecular formula is C11H16BrNO2S. The Morgan fingerprint density at radius 1 is 1.38 bits per heavy atom. The van der Waals surface area contributed by atoms with Gasteiger partial charge in [0, 0.05) is 21.0 Å². The lowest BCUT2D eigenvalue weighted by Gasteiger charge is -2.06. The molecule has 1 atom stereocenters. The standard InChI is InChI=1S/C11H16BrNO2S/c12-10-3-1-4-11(9-10)15-6-8-16(14)7-2-5-13/h1,3-4,9H,2,5-8,13H2. The van der Waals surface area contributed by atoms with Gasteiger partial charge in [0.1, 0.15) is 5.75 Å². The molecule has 2 N–H and O–H groups in total. The quantitative estimate of drug-likeness (QED) is 0.837. The summed E-state index contributed by atoms with van der Waals surface area (Å²) in [6.07, 6.45) is 0.809. The first kappa shape index (κ1) is 13.7. The fraction of sp³-hybridized carbons (Fsp3) is 0.455. The summed E-state index contributed by atoms with van der Waals surface area (Å²) >= 11 is 3.36. The van der Waals surface area contributed by atoms with Gasteiger partial charge in [-0.15, -0.1) is 0 Å². The third-order valence-corrected chi connectivity index (χ3v) is 3.81. The van der Waals surface area contributed by atoms with Crippen molar-refractivity contribution in [1.82, 2.24) is 0 Å². The van der Waals surface area contributed by atoms with E-state index < -0.39 is 10.8 Å². The van der Waals surface area contributed by atoms with E-state index in [4.69, 9.17) is 10.5 Å². The van der Waals surface area contributed by atoms with Crippen LogP contribution in [-0.4, -0.2) is 28.9 Å². The number of benzene rings is 1. The summed E-state index contributed by atoms with van der Waals surface area (Å²) in [5.74, 6) is 2.02. The monoisotopic (exact) mass is 305 g/mol. The lowest BCUT2D eigenvalue weighted by molar-refractivity contribution is 0.342. The van der Waals surface area contributed by atoms with Crippen LogP contribution in [-0.2, 0) is 10.8 Å². The van der Waals surface area contributed by atoms with Crippen LogP contribution in [0.2, 0.25) is 0 Å². The van der Waals surface area contributed by atoms with Crippen LogP contribution in [0, 0.1) is 0 Å². The van der Waals surface area contributed by atoms with Crippen LogP contribution in [0.25, 0.3) is 0 Å². The number of halogens is 1. The van der Waals surface area contributed by atoms with Crippen LogP contribution in [0.3, 0.4) is 0 Å². The van der Waals surface area contributed by atoms with Gasteiger partial charge in [0.2, 0.25) is 0 Å².